The van der Waals surface area contributed by atoms with E-state index >= 15 is 0 Å². The molecule has 3 heteroatoms. The second kappa shape index (κ2) is 8.70. The van der Waals surface area contributed by atoms with Crippen LogP contribution in [0.3, 0.4) is 0 Å². The number of ketones is 1. The second-order valence-electron chi connectivity index (χ2n) is 5.06. The predicted molar refractivity (Wildman–Crippen MR) is 76.2 cm³/mol. The third-order valence-corrected chi connectivity index (χ3v) is 3.23. The number of aryl methyl sites for hydroxylation is 1. The molecule has 0 heterocycles. The van der Waals surface area contributed by atoms with E-state index < -0.39 is 6.10 Å². The molecule has 0 saturated heterocycles. The van der Waals surface area contributed by atoms with E-state index in [-0.39, 0.29) is 18.0 Å². The highest BCUT2D eigenvalue weighted by Gasteiger charge is 2.10. The predicted octanol–water partition coefficient (Wildman–Crippen LogP) is 3.23. The summed E-state index contributed by atoms with van der Waals surface area (Å²) < 4.78 is 0. The fraction of sp³-hybridized carbons (Fsp3) is 0.562. The molecule has 0 aromatic heterocycles. The number of phenols is 1. The van der Waals surface area contributed by atoms with Crippen LogP contribution < -0.4 is 0 Å². The fourth-order valence-electron chi connectivity index (χ4n) is 2.04. The van der Waals surface area contributed by atoms with Gasteiger partial charge in [-0.05, 0) is 30.5 Å². The zero-order chi connectivity index (χ0) is 14.1. The number of hydrogen-bond acceptors (Lipinski definition) is 3. The van der Waals surface area contributed by atoms with Crippen LogP contribution in [0.4, 0.5) is 0 Å². The van der Waals surface area contributed by atoms with E-state index in [1.54, 1.807) is 12.1 Å². The van der Waals surface area contributed by atoms with Gasteiger partial charge in [-0.15, -0.1) is 0 Å². The minimum Gasteiger partial charge on any atom is -0.508 e. The highest BCUT2D eigenvalue weighted by molar-refractivity contribution is 5.79. The monoisotopic (exact) mass is 264 g/mol. The standard InChI is InChI=1S/C16H24O3/c1-2-3-4-5-15(18)12-16(19)11-8-13-6-9-14(17)10-7-13/h6-7,9-10,15,17-18H,2-5,8,11-12H2,1H3/t15-/m1/s1. The van der Waals surface area contributed by atoms with Crippen molar-refractivity contribution in [3.8, 4) is 5.75 Å². The van der Waals surface area contributed by atoms with Gasteiger partial charge in [0.2, 0.25) is 0 Å². The van der Waals surface area contributed by atoms with Crippen molar-refractivity contribution in [2.45, 2.75) is 58.0 Å². The molecule has 0 bridgehead atoms. The maximum atomic E-state index is 11.7. The van der Waals surface area contributed by atoms with Gasteiger partial charge in [0.1, 0.15) is 11.5 Å². The van der Waals surface area contributed by atoms with Crippen molar-refractivity contribution in [1.29, 1.82) is 0 Å². The summed E-state index contributed by atoms with van der Waals surface area (Å²) in [5.74, 6) is 0.346. The lowest BCUT2D eigenvalue weighted by Gasteiger charge is -2.09. The molecule has 1 rings (SSSR count). The Balaban J connectivity index is 2.22. The zero-order valence-electron chi connectivity index (χ0n) is 11.6. The minimum atomic E-state index is -0.487. The molecule has 0 aliphatic carbocycles. The molecular formula is C16H24O3. The molecule has 0 unspecified atom stereocenters. The van der Waals surface area contributed by atoms with Crippen molar-refractivity contribution < 1.29 is 15.0 Å². The van der Waals surface area contributed by atoms with Gasteiger partial charge in [0.25, 0.3) is 0 Å². The third-order valence-electron chi connectivity index (χ3n) is 3.23. The number of hydrogen-bond donors (Lipinski definition) is 2. The number of rotatable bonds is 9. The molecule has 1 aromatic rings. The van der Waals surface area contributed by atoms with Crippen LogP contribution in [0.2, 0.25) is 0 Å². The number of aliphatic hydroxyl groups excluding tert-OH is 1. The Labute approximate surface area is 115 Å². The van der Waals surface area contributed by atoms with Crippen molar-refractivity contribution in [2.75, 3.05) is 0 Å². The number of phenolic OH excluding ortho intramolecular Hbond substituents is 1. The van der Waals surface area contributed by atoms with E-state index in [0.29, 0.717) is 12.8 Å². The van der Waals surface area contributed by atoms with Gasteiger partial charge in [-0.3, -0.25) is 4.79 Å². The van der Waals surface area contributed by atoms with E-state index in [9.17, 15) is 9.90 Å². The largest absolute Gasteiger partial charge is 0.508 e. The summed E-state index contributed by atoms with van der Waals surface area (Å²) in [7, 11) is 0. The molecule has 0 aliphatic rings. The molecule has 0 saturated carbocycles. The van der Waals surface area contributed by atoms with Gasteiger partial charge >= 0.3 is 0 Å². The summed E-state index contributed by atoms with van der Waals surface area (Å²) in [6.45, 7) is 2.12. The number of benzene rings is 1. The molecule has 0 fully saturated rings. The first-order valence-electron chi connectivity index (χ1n) is 7.09. The van der Waals surface area contributed by atoms with E-state index in [2.05, 4.69) is 6.92 Å². The van der Waals surface area contributed by atoms with Crippen LogP contribution in [-0.2, 0) is 11.2 Å². The molecule has 1 aromatic carbocycles. The van der Waals surface area contributed by atoms with Gasteiger partial charge in [-0.25, -0.2) is 0 Å². The Morgan fingerprint density at radius 2 is 1.89 bits per heavy atom. The Morgan fingerprint density at radius 3 is 2.53 bits per heavy atom. The summed E-state index contributed by atoms with van der Waals surface area (Å²) in [5.41, 5.74) is 1.03. The lowest BCUT2D eigenvalue weighted by atomic mass is 10.0. The SMILES string of the molecule is CCCCC[C@@H](O)CC(=O)CCc1ccc(O)cc1. The van der Waals surface area contributed by atoms with Crippen LogP contribution in [-0.4, -0.2) is 22.1 Å². The summed E-state index contributed by atoms with van der Waals surface area (Å²) >= 11 is 0. The van der Waals surface area contributed by atoms with E-state index in [4.69, 9.17) is 5.11 Å². The van der Waals surface area contributed by atoms with Crippen LogP contribution in [0, 0.1) is 0 Å². The Bertz CT molecular complexity index is 370. The van der Waals surface area contributed by atoms with Crippen LogP contribution in [0.15, 0.2) is 24.3 Å². The highest BCUT2D eigenvalue weighted by Crippen LogP contribution is 2.13. The summed E-state index contributed by atoms with van der Waals surface area (Å²) in [4.78, 5) is 11.7. The fourth-order valence-corrected chi connectivity index (χ4v) is 2.04. The van der Waals surface area contributed by atoms with Gasteiger partial charge in [0, 0.05) is 12.8 Å². The maximum Gasteiger partial charge on any atom is 0.135 e. The molecule has 106 valence electrons. The lowest BCUT2D eigenvalue weighted by molar-refractivity contribution is -0.121. The van der Waals surface area contributed by atoms with Crippen molar-refractivity contribution in [1.82, 2.24) is 0 Å². The number of Topliss-reactive ketones (excluding diaryl/α,β-unsaturated/α-hetero) is 1. The van der Waals surface area contributed by atoms with Gasteiger partial charge < -0.3 is 10.2 Å². The van der Waals surface area contributed by atoms with Crippen LogP contribution in [0.25, 0.3) is 0 Å². The van der Waals surface area contributed by atoms with Gasteiger partial charge in [0.05, 0.1) is 6.10 Å². The van der Waals surface area contributed by atoms with Crippen LogP contribution in [0.5, 0.6) is 5.75 Å². The number of unbranched alkanes of at least 4 members (excludes halogenated alkanes) is 2. The zero-order valence-corrected chi connectivity index (χ0v) is 11.6. The van der Waals surface area contributed by atoms with Crippen molar-refractivity contribution in [2.24, 2.45) is 0 Å². The molecule has 0 aliphatic heterocycles. The third kappa shape index (κ3) is 6.97. The number of carbonyl (C=O) groups excluding carboxylic acids is 1. The van der Waals surface area contributed by atoms with Crippen LogP contribution in [0.1, 0.15) is 51.0 Å². The quantitative estimate of drug-likeness (QED) is 0.673. The summed E-state index contributed by atoms with van der Waals surface area (Å²) in [5, 5.41) is 18.9. The average Bonchev–Trinajstić information content (AvgIpc) is 2.38. The van der Waals surface area contributed by atoms with Crippen molar-refractivity contribution in [3.63, 3.8) is 0 Å². The molecule has 2 N–H and O–H groups in total. The van der Waals surface area contributed by atoms with Gasteiger partial charge in [-0.2, -0.15) is 0 Å². The molecule has 1 atom stereocenters. The number of carbonyl (C=O) groups is 1. The normalized spacial score (nSPS) is 12.3. The van der Waals surface area contributed by atoms with E-state index in [0.717, 1.165) is 31.2 Å². The van der Waals surface area contributed by atoms with Crippen LogP contribution >= 0.6 is 0 Å². The minimum absolute atomic E-state index is 0.108. The summed E-state index contributed by atoms with van der Waals surface area (Å²) in [6, 6.07) is 6.89. The van der Waals surface area contributed by atoms with Gasteiger partial charge in [0.15, 0.2) is 0 Å². The number of aromatic hydroxyl groups is 1. The highest BCUT2D eigenvalue weighted by atomic mass is 16.3. The van der Waals surface area contributed by atoms with Crippen molar-refractivity contribution in [3.05, 3.63) is 29.8 Å². The molecule has 0 amide bonds. The van der Waals surface area contributed by atoms with Crippen molar-refractivity contribution >= 4 is 5.78 Å². The van der Waals surface area contributed by atoms with Gasteiger partial charge in [-0.1, -0.05) is 38.3 Å². The Kier molecular flexibility index (Phi) is 7.19. The maximum absolute atomic E-state index is 11.7. The molecule has 0 spiro atoms. The number of aliphatic hydroxyl groups is 1. The van der Waals surface area contributed by atoms with E-state index in [1.807, 2.05) is 12.1 Å². The molecular weight excluding hydrogens is 240 g/mol. The lowest BCUT2D eigenvalue weighted by Crippen LogP contribution is -2.13. The first-order valence-corrected chi connectivity index (χ1v) is 7.09. The Hall–Kier alpha value is -1.35. The smallest absolute Gasteiger partial charge is 0.135 e. The summed E-state index contributed by atoms with van der Waals surface area (Å²) in [6.07, 6.45) is 4.85. The first kappa shape index (κ1) is 15.7. The first-order chi connectivity index (χ1) is 9.11. The molecule has 19 heavy (non-hydrogen) atoms. The molecule has 3 nitrogen and oxygen atoms in total. The van der Waals surface area contributed by atoms with E-state index in [1.165, 1.54) is 0 Å². The average molecular weight is 264 g/mol. The molecule has 0 radical (unpaired) electrons. The topological polar surface area (TPSA) is 57.5 Å². The Morgan fingerprint density at radius 1 is 1.21 bits per heavy atom. The second-order valence-corrected chi connectivity index (χ2v) is 5.06.